The highest BCUT2D eigenvalue weighted by atomic mass is 16.7. The number of benzene rings is 1. The lowest BCUT2D eigenvalue weighted by atomic mass is 9.75. The summed E-state index contributed by atoms with van der Waals surface area (Å²) in [6, 6.07) is 11.0. The van der Waals surface area contributed by atoms with Crippen LogP contribution in [0.2, 0.25) is 0 Å². The molecule has 8 heteroatoms. The lowest BCUT2D eigenvalue weighted by Gasteiger charge is -2.32. The summed E-state index contributed by atoms with van der Waals surface area (Å²) < 4.78 is 14.1. The Labute approximate surface area is 185 Å². The van der Waals surface area contributed by atoms with E-state index in [9.17, 15) is 0 Å². The lowest BCUT2D eigenvalue weighted by Crippen LogP contribution is -2.41. The monoisotopic (exact) mass is 421 g/mol. The first-order valence-corrected chi connectivity index (χ1v) is 11.4. The zero-order valence-electron chi connectivity index (χ0n) is 19.0. The van der Waals surface area contributed by atoms with Crippen LogP contribution in [0.5, 0.6) is 0 Å². The van der Waals surface area contributed by atoms with E-state index in [-0.39, 0.29) is 18.3 Å². The molecule has 2 fully saturated rings. The molecular formula is C23H32BN5O2. The number of nitrogens with zero attached hydrogens (tertiary/aromatic N) is 5. The van der Waals surface area contributed by atoms with Crippen LogP contribution < -0.4 is 5.46 Å². The molecule has 0 amide bonds. The summed E-state index contributed by atoms with van der Waals surface area (Å²) in [4.78, 5) is 0. The topological polar surface area (TPSA) is 85.9 Å². The van der Waals surface area contributed by atoms with Gasteiger partial charge in [0.05, 0.1) is 30.2 Å². The number of nitriles is 1. The largest absolute Gasteiger partial charge is 0.494 e. The normalized spacial score (nSPS) is 24.8. The molecule has 31 heavy (non-hydrogen) atoms. The maximum absolute atomic E-state index is 8.79. The Morgan fingerprint density at radius 1 is 1.06 bits per heavy atom. The molecule has 7 nitrogen and oxygen atoms in total. The Hall–Kier alpha value is -2.24. The van der Waals surface area contributed by atoms with Gasteiger partial charge < -0.3 is 9.31 Å². The quantitative estimate of drug-likeness (QED) is 0.665. The van der Waals surface area contributed by atoms with E-state index >= 15 is 0 Å². The van der Waals surface area contributed by atoms with Gasteiger partial charge in [-0.1, -0.05) is 24.3 Å². The predicted molar refractivity (Wildman–Crippen MR) is 119 cm³/mol. The van der Waals surface area contributed by atoms with Crippen molar-refractivity contribution in [1.29, 1.82) is 5.26 Å². The molecular weight excluding hydrogens is 389 g/mol. The molecule has 0 spiro atoms. The first-order valence-electron chi connectivity index (χ1n) is 11.4. The zero-order chi connectivity index (χ0) is 22.1. The third-order valence-electron chi connectivity index (χ3n) is 7.29. The minimum Gasteiger partial charge on any atom is -0.399 e. The molecule has 0 bridgehead atoms. The van der Waals surface area contributed by atoms with Crippen molar-refractivity contribution in [3.63, 3.8) is 0 Å². The molecule has 1 aliphatic heterocycles. The minimum atomic E-state index is -0.316. The number of hydrogen-bond acceptors (Lipinski definition) is 6. The summed E-state index contributed by atoms with van der Waals surface area (Å²) in [5.41, 5.74) is 1.85. The third-order valence-corrected chi connectivity index (χ3v) is 7.29. The summed E-state index contributed by atoms with van der Waals surface area (Å²) in [6.45, 7) is 8.91. The van der Waals surface area contributed by atoms with Crippen molar-refractivity contribution in [3.8, 4) is 6.07 Å². The Bertz CT molecular complexity index is 910. The Morgan fingerprint density at radius 3 is 2.32 bits per heavy atom. The second kappa shape index (κ2) is 8.72. The van der Waals surface area contributed by atoms with Crippen molar-refractivity contribution in [3.05, 3.63) is 35.7 Å². The van der Waals surface area contributed by atoms with Gasteiger partial charge in [-0.25, -0.2) is 4.68 Å². The van der Waals surface area contributed by atoms with E-state index in [1.165, 1.54) is 31.2 Å². The highest BCUT2D eigenvalue weighted by Gasteiger charge is 2.51. The number of rotatable bonds is 6. The number of aromatic nitrogens is 4. The van der Waals surface area contributed by atoms with E-state index in [1.54, 1.807) is 4.68 Å². The molecule has 4 rings (SSSR count). The van der Waals surface area contributed by atoms with Gasteiger partial charge in [-0.15, -0.1) is 5.10 Å². The highest BCUT2D eigenvalue weighted by Crippen LogP contribution is 2.38. The van der Waals surface area contributed by atoms with Gasteiger partial charge >= 0.3 is 7.12 Å². The Kier molecular flexibility index (Phi) is 6.18. The van der Waals surface area contributed by atoms with Crippen LogP contribution in [0.1, 0.15) is 77.1 Å². The van der Waals surface area contributed by atoms with Crippen LogP contribution in [0, 0.1) is 17.2 Å². The van der Waals surface area contributed by atoms with E-state index in [4.69, 9.17) is 14.6 Å². The zero-order valence-corrected chi connectivity index (χ0v) is 19.0. The number of hydrogen-bond donors (Lipinski definition) is 0. The third kappa shape index (κ3) is 4.68. The lowest BCUT2D eigenvalue weighted by molar-refractivity contribution is 0.00578. The summed E-state index contributed by atoms with van der Waals surface area (Å²) in [7, 11) is -0.304. The van der Waals surface area contributed by atoms with Crippen LogP contribution in [0.3, 0.4) is 0 Å². The molecule has 1 aromatic heterocycles. The van der Waals surface area contributed by atoms with E-state index < -0.39 is 0 Å². The van der Waals surface area contributed by atoms with Crippen LogP contribution in [-0.2, 0) is 22.3 Å². The summed E-state index contributed by atoms with van der Waals surface area (Å²) in [5, 5.41) is 20.8. The molecule has 164 valence electrons. The van der Waals surface area contributed by atoms with Crippen LogP contribution in [0.15, 0.2) is 24.3 Å². The van der Waals surface area contributed by atoms with Gasteiger partial charge in [-0.2, -0.15) is 5.26 Å². The second-order valence-corrected chi connectivity index (χ2v) is 9.90. The van der Waals surface area contributed by atoms with Crippen molar-refractivity contribution in [1.82, 2.24) is 20.2 Å². The molecule has 0 unspecified atom stereocenters. The predicted octanol–water partition coefficient (Wildman–Crippen LogP) is 3.40. The summed E-state index contributed by atoms with van der Waals surface area (Å²) >= 11 is 0. The van der Waals surface area contributed by atoms with Crippen LogP contribution in [-0.4, -0.2) is 38.5 Å². The van der Waals surface area contributed by atoms with Crippen molar-refractivity contribution in [2.24, 2.45) is 5.92 Å². The van der Waals surface area contributed by atoms with Crippen LogP contribution in [0.4, 0.5) is 0 Å². The van der Waals surface area contributed by atoms with Gasteiger partial charge in [0.2, 0.25) is 0 Å². The number of tetrazole rings is 1. The van der Waals surface area contributed by atoms with Crippen LogP contribution >= 0.6 is 0 Å². The SMILES string of the molecule is CC1(C)OB(c2ccc(C3CCC(Cc4nnnn4CCC#N)CC3)cc2)OC1(C)C. The maximum atomic E-state index is 8.79. The summed E-state index contributed by atoms with van der Waals surface area (Å²) in [6.07, 6.45) is 6.04. The second-order valence-electron chi connectivity index (χ2n) is 9.90. The van der Waals surface area contributed by atoms with E-state index in [2.05, 4.69) is 73.6 Å². The summed E-state index contributed by atoms with van der Waals surface area (Å²) in [5.74, 6) is 2.11. The van der Waals surface area contributed by atoms with Crippen molar-refractivity contribution in [2.45, 2.75) is 89.9 Å². The molecule has 1 saturated heterocycles. The van der Waals surface area contributed by atoms with Crippen molar-refractivity contribution in [2.75, 3.05) is 0 Å². The molecule has 0 N–H and O–H groups in total. The average molecular weight is 421 g/mol. The smallest absolute Gasteiger partial charge is 0.399 e. The van der Waals surface area contributed by atoms with Gasteiger partial charge in [-0.3, -0.25) is 0 Å². The Morgan fingerprint density at radius 2 is 1.71 bits per heavy atom. The van der Waals surface area contributed by atoms with Gasteiger partial charge in [-0.05, 0) is 86.7 Å². The molecule has 1 saturated carbocycles. The van der Waals surface area contributed by atoms with Crippen molar-refractivity contribution >= 4 is 12.6 Å². The first-order chi connectivity index (χ1) is 14.8. The first kappa shape index (κ1) is 22.0. The fraction of sp³-hybridized carbons (Fsp3) is 0.652. The van der Waals surface area contributed by atoms with E-state index in [1.807, 2.05) is 0 Å². The highest BCUT2D eigenvalue weighted by molar-refractivity contribution is 6.62. The van der Waals surface area contributed by atoms with Crippen LogP contribution in [0.25, 0.3) is 0 Å². The van der Waals surface area contributed by atoms with Gasteiger partial charge in [0, 0.05) is 6.42 Å². The van der Waals surface area contributed by atoms with Gasteiger partial charge in [0.15, 0.2) is 5.82 Å². The average Bonchev–Trinajstić information content (AvgIpc) is 3.27. The van der Waals surface area contributed by atoms with Crippen molar-refractivity contribution < 1.29 is 9.31 Å². The molecule has 2 aliphatic rings. The van der Waals surface area contributed by atoms with Gasteiger partial charge in [0.25, 0.3) is 0 Å². The number of aryl methyl sites for hydroxylation is 1. The fourth-order valence-corrected chi connectivity index (χ4v) is 4.56. The molecule has 0 atom stereocenters. The molecule has 2 heterocycles. The Balaban J connectivity index is 1.32. The van der Waals surface area contributed by atoms with Gasteiger partial charge in [0.1, 0.15) is 0 Å². The fourth-order valence-electron chi connectivity index (χ4n) is 4.56. The molecule has 0 radical (unpaired) electrons. The standard InChI is InChI=1S/C23H32BN5O2/c1-22(2)23(3,4)31-24(30-22)20-12-10-19(11-13-20)18-8-6-17(7-9-18)16-21-26-27-28-29(21)15-5-14-25/h10-13,17-18H,5-9,15-16H2,1-4H3. The minimum absolute atomic E-state index is 0.304. The van der Waals surface area contributed by atoms with E-state index in [0.29, 0.717) is 24.8 Å². The maximum Gasteiger partial charge on any atom is 0.494 e. The molecule has 1 aromatic carbocycles. The molecule has 2 aromatic rings. The molecule has 1 aliphatic carbocycles. The van der Waals surface area contributed by atoms with E-state index in [0.717, 1.165) is 17.7 Å².